The molecule has 0 amide bonds. The van der Waals surface area contributed by atoms with Gasteiger partial charge in [-0.15, -0.1) is 0 Å². The molecule has 0 aliphatic heterocycles. The Bertz CT molecular complexity index is 157. The summed E-state index contributed by atoms with van der Waals surface area (Å²) < 4.78 is 4.76. The van der Waals surface area contributed by atoms with E-state index in [1.54, 1.807) is 13.8 Å². The molecular formula is C6H11Cl3GeO2. The molecule has 0 rings (SSSR count). The van der Waals surface area contributed by atoms with E-state index in [0.29, 0.717) is 11.9 Å². The predicted molar refractivity (Wildman–Crippen MR) is 53.9 cm³/mol. The quantitative estimate of drug-likeness (QED) is 0.588. The molecule has 1 atom stereocenters. The van der Waals surface area contributed by atoms with E-state index in [1.165, 1.54) is 0 Å². The summed E-state index contributed by atoms with van der Waals surface area (Å²) in [5, 5.41) is 0.365. The van der Waals surface area contributed by atoms with E-state index in [-0.39, 0.29) is 11.9 Å². The van der Waals surface area contributed by atoms with Crippen LogP contribution >= 0.6 is 30.0 Å². The van der Waals surface area contributed by atoms with Crippen molar-refractivity contribution in [1.82, 2.24) is 0 Å². The number of hydrogen-bond donors (Lipinski definition) is 0. The molecule has 0 aliphatic carbocycles. The van der Waals surface area contributed by atoms with Crippen molar-refractivity contribution in [1.29, 1.82) is 0 Å². The van der Waals surface area contributed by atoms with Crippen LogP contribution in [0, 0.1) is 5.92 Å². The SMILES string of the molecule is CCOC(=O)C(C)[CH2][Ge]([Cl])([Cl])[Cl]. The van der Waals surface area contributed by atoms with Crippen LogP contribution < -0.4 is 0 Å². The molecule has 0 aromatic rings. The molecule has 0 aromatic heterocycles. The van der Waals surface area contributed by atoms with E-state index in [9.17, 15) is 4.79 Å². The van der Waals surface area contributed by atoms with Crippen LogP contribution in [0.5, 0.6) is 0 Å². The van der Waals surface area contributed by atoms with Crippen molar-refractivity contribution < 1.29 is 9.53 Å². The van der Waals surface area contributed by atoms with Crippen LogP contribution in [-0.2, 0) is 9.53 Å². The van der Waals surface area contributed by atoms with Gasteiger partial charge in [-0.1, -0.05) is 0 Å². The molecule has 6 heteroatoms. The molecular weight excluding hydrogens is 283 g/mol. The Balaban J connectivity index is 3.87. The van der Waals surface area contributed by atoms with Gasteiger partial charge in [0.05, 0.1) is 0 Å². The van der Waals surface area contributed by atoms with E-state index >= 15 is 0 Å². The third kappa shape index (κ3) is 6.40. The van der Waals surface area contributed by atoms with Crippen LogP contribution in [0.15, 0.2) is 0 Å². The van der Waals surface area contributed by atoms with Crippen LogP contribution in [0.2, 0.25) is 5.25 Å². The number of hydrogen-bond acceptors (Lipinski definition) is 2. The molecule has 0 N–H and O–H groups in total. The first-order valence-electron chi connectivity index (χ1n) is 3.60. The number of carbonyl (C=O) groups is 1. The summed E-state index contributed by atoms with van der Waals surface area (Å²) >= 11 is 0. The van der Waals surface area contributed by atoms with Crippen molar-refractivity contribution in [2.45, 2.75) is 19.1 Å². The second-order valence-electron chi connectivity index (χ2n) is 2.47. The minimum absolute atomic E-state index is 0.283. The Hall–Kier alpha value is 0.883. The average Bonchev–Trinajstić information content (AvgIpc) is 1.84. The number of esters is 1. The first-order chi connectivity index (χ1) is 5.37. The monoisotopic (exact) mass is 294 g/mol. The number of halogens is 3. The maximum atomic E-state index is 11.1. The molecule has 0 aromatic carbocycles. The standard InChI is InChI=1S/C6H11Cl3GeO2/c1-3-12-6(11)5(2)4-10(7,8)9/h5H,3-4H2,1-2H3. The van der Waals surface area contributed by atoms with Crippen molar-refractivity contribution >= 4 is 46.5 Å². The topological polar surface area (TPSA) is 26.3 Å². The van der Waals surface area contributed by atoms with Crippen molar-refractivity contribution in [2.24, 2.45) is 5.92 Å². The first-order valence-corrected chi connectivity index (χ1v) is 13.4. The Morgan fingerprint density at radius 3 is 2.33 bits per heavy atom. The molecule has 0 saturated heterocycles. The third-order valence-corrected chi connectivity index (χ3v) is 5.89. The van der Waals surface area contributed by atoms with Gasteiger partial charge >= 0.3 is 87.6 Å². The first kappa shape index (κ1) is 12.9. The summed E-state index contributed by atoms with van der Waals surface area (Å²) in [4.78, 5) is 11.1. The molecule has 0 radical (unpaired) electrons. The zero-order chi connectivity index (χ0) is 9.78. The summed E-state index contributed by atoms with van der Waals surface area (Å²) in [6, 6.07) is 0. The van der Waals surface area contributed by atoms with Crippen molar-refractivity contribution in [3.05, 3.63) is 0 Å². The normalized spacial score (nSPS) is 14.1. The van der Waals surface area contributed by atoms with Crippen molar-refractivity contribution in [3.63, 3.8) is 0 Å². The number of rotatable bonds is 4. The summed E-state index contributed by atoms with van der Waals surface area (Å²) in [5.74, 6) is -0.577. The van der Waals surface area contributed by atoms with Gasteiger partial charge in [-0.25, -0.2) is 0 Å². The van der Waals surface area contributed by atoms with E-state index < -0.39 is 10.5 Å². The molecule has 0 heterocycles. The molecule has 0 bridgehead atoms. The Morgan fingerprint density at radius 2 is 2.00 bits per heavy atom. The van der Waals surface area contributed by atoms with Crippen LogP contribution in [-0.4, -0.2) is 23.1 Å². The fourth-order valence-electron chi connectivity index (χ4n) is 0.715. The van der Waals surface area contributed by atoms with Gasteiger partial charge in [0.25, 0.3) is 0 Å². The minimum atomic E-state index is -3.16. The fourth-order valence-corrected chi connectivity index (χ4v) is 6.13. The molecule has 0 fully saturated rings. The van der Waals surface area contributed by atoms with Crippen molar-refractivity contribution in [3.8, 4) is 0 Å². The molecule has 0 spiro atoms. The van der Waals surface area contributed by atoms with Gasteiger partial charge in [0.15, 0.2) is 0 Å². The zero-order valence-electron chi connectivity index (χ0n) is 6.94. The van der Waals surface area contributed by atoms with Gasteiger partial charge < -0.3 is 0 Å². The van der Waals surface area contributed by atoms with Crippen LogP contribution in [0.4, 0.5) is 0 Å². The average molecular weight is 294 g/mol. The summed E-state index contributed by atoms with van der Waals surface area (Å²) in [6.07, 6.45) is 0. The van der Waals surface area contributed by atoms with Gasteiger partial charge in [0, 0.05) is 0 Å². The number of ether oxygens (including phenoxy) is 1. The number of carbonyl (C=O) groups excluding carboxylic acids is 1. The maximum absolute atomic E-state index is 11.1. The zero-order valence-corrected chi connectivity index (χ0v) is 11.3. The van der Waals surface area contributed by atoms with E-state index in [4.69, 9.17) is 34.8 Å². The third-order valence-electron chi connectivity index (χ3n) is 1.23. The second-order valence-corrected chi connectivity index (χ2v) is 19.0. The van der Waals surface area contributed by atoms with Crippen LogP contribution in [0.1, 0.15) is 13.8 Å². The Labute approximate surface area is 87.4 Å². The summed E-state index contributed by atoms with van der Waals surface area (Å²) in [7, 11) is 13.9. The molecule has 0 saturated carbocycles. The van der Waals surface area contributed by atoms with Gasteiger partial charge in [0.1, 0.15) is 0 Å². The van der Waals surface area contributed by atoms with E-state index in [2.05, 4.69) is 0 Å². The van der Waals surface area contributed by atoms with Gasteiger partial charge in [0.2, 0.25) is 0 Å². The Morgan fingerprint density at radius 1 is 1.50 bits per heavy atom. The molecule has 0 aliphatic rings. The summed E-state index contributed by atoms with van der Waals surface area (Å²) in [6.45, 7) is 3.84. The molecule has 12 heavy (non-hydrogen) atoms. The van der Waals surface area contributed by atoms with Crippen LogP contribution in [0.25, 0.3) is 0 Å². The summed E-state index contributed by atoms with van der Waals surface area (Å²) in [5.41, 5.74) is 0. The van der Waals surface area contributed by atoms with E-state index in [0.717, 1.165) is 0 Å². The molecule has 2 nitrogen and oxygen atoms in total. The van der Waals surface area contributed by atoms with Crippen LogP contribution in [0.3, 0.4) is 0 Å². The Kier molecular flexibility index (Phi) is 5.99. The van der Waals surface area contributed by atoms with Gasteiger partial charge in [-0.2, -0.15) is 0 Å². The second kappa shape index (κ2) is 5.58. The molecule has 72 valence electrons. The van der Waals surface area contributed by atoms with E-state index in [1.807, 2.05) is 0 Å². The fraction of sp³-hybridized carbons (Fsp3) is 0.833. The van der Waals surface area contributed by atoms with Gasteiger partial charge in [-0.3, -0.25) is 0 Å². The molecule has 1 unspecified atom stereocenters. The predicted octanol–water partition coefficient (Wildman–Crippen LogP) is 2.84. The van der Waals surface area contributed by atoms with Crippen molar-refractivity contribution in [2.75, 3.05) is 6.61 Å². The van der Waals surface area contributed by atoms with Gasteiger partial charge in [-0.05, 0) is 0 Å².